The zero-order valence-electron chi connectivity index (χ0n) is 14.8. The molecule has 3 rings (SSSR count). The van der Waals surface area contributed by atoms with Gasteiger partial charge in [0.25, 0.3) is 10.0 Å². The molecule has 0 aliphatic carbocycles. The maximum Gasteiger partial charge on any atom is 0.262 e. The van der Waals surface area contributed by atoms with Crippen LogP contribution in [0.15, 0.2) is 47.4 Å². The molecule has 1 aliphatic heterocycles. The van der Waals surface area contributed by atoms with E-state index < -0.39 is 20.0 Å². The Balaban J connectivity index is 2.00. The molecule has 1 aliphatic rings. The number of sulfonamides is 2. The van der Waals surface area contributed by atoms with Gasteiger partial charge in [0.2, 0.25) is 10.0 Å². The Morgan fingerprint density at radius 1 is 1.00 bits per heavy atom. The number of para-hydroxylation sites is 1. The van der Waals surface area contributed by atoms with Gasteiger partial charge < -0.3 is 0 Å². The summed E-state index contributed by atoms with van der Waals surface area (Å²) in [4.78, 5) is 0.150. The van der Waals surface area contributed by atoms with E-state index in [1.807, 2.05) is 0 Å². The molecule has 26 heavy (non-hydrogen) atoms. The van der Waals surface area contributed by atoms with E-state index in [4.69, 9.17) is 0 Å². The molecule has 8 heteroatoms. The van der Waals surface area contributed by atoms with Gasteiger partial charge in [-0.1, -0.05) is 18.2 Å². The molecule has 0 radical (unpaired) electrons. The Morgan fingerprint density at radius 2 is 1.69 bits per heavy atom. The maximum absolute atomic E-state index is 12.7. The van der Waals surface area contributed by atoms with E-state index in [1.54, 1.807) is 56.3 Å². The number of rotatable bonds is 4. The molecule has 6 nitrogen and oxygen atoms in total. The summed E-state index contributed by atoms with van der Waals surface area (Å²) in [6, 6.07) is 11.8. The van der Waals surface area contributed by atoms with Crippen LogP contribution in [0.1, 0.15) is 24.0 Å². The lowest BCUT2D eigenvalue weighted by molar-refractivity contribution is 0.574. The van der Waals surface area contributed by atoms with Gasteiger partial charge in [-0.25, -0.2) is 16.8 Å². The van der Waals surface area contributed by atoms with E-state index >= 15 is 0 Å². The molecule has 0 amide bonds. The first-order valence-corrected chi connectivity index (χ1v) is 11.5. The van der Waals surface area contributed by atoms with E-state index in [0.29, 0.717) is 35.5 Å². The maximum atomic E-state index is 12.7. The minimum Gasteiger partial charge on any atom is -0.280 e. The Bertz CT molecular complexity index is 1020. The third-order valence-corrected chi connectivity index (χ3v) is 7.81. The molecule has 0 unspecified atom stereocenters. The molecule has 0 saturated carbocycles. The fraction of sp³-hybridized carbons (Fsp3) is 0.333. The monoisotopic (exact) mass is 394 g/mol. The third-order valence-electron chi connectivity index (χ3n) is 4.43. The summed E-state index contributed by atoms with van der Waals surface area (Å²) in [7, 11) is -7.11. The number of benzene rings is 2. The van der Waals surface area contributed by atoms with Crippen molar-refractivity contribution >= 4 is 31.4 Å². The number of anilines is 2. The van der Waals surface area contributed by atoms with Crippen LogP contribution in [0.4, 0.5) is 11.4 Å². The highest BCUT2D eigenvalue weighted by atomic mass is 32.2. The molecular weight excluding hydrogens is 372 g/mol. The van der Waals surface area contributed by atoms with Crippen LogP contribution in [0, 0.1) is 13.8 Å². The summed E-state index contributed by atoms with van der Waals surface area (Å²) in [6.45, 7) is 3.84. The van der Waals surface area contributed by atoms with E-state index in [1.165, 1.54) is 4.31 Å². The predicted octanol–water partition coefficient (Wildman–Crippen LogP) is 3.03. The smallest absolute Gasteiger partial charge is 0.262 e. The van der Waals surface area contributed by atoms with Gasteiger partial charge in [-0.05, 0) is 62.1 Å². The lowest BCUT2D eigenvalue weighted by Gasteiger charge is -2.30. The highest BCUT2D eigenvalue weighted by Gasteiger charge is 2.28. The van der Waals surface area contributed by atoms with Crippen LogP contribution in [0.2, 0.25) is 0 Å². The normalized spacial score (nSPS) is 17.1. The Labute approximate surface area is 155 Å². The molecule has 0 spiro atoms. The van der Waals surface area contributed by atoms with Crippen molar-refractivity contribution in [3.63, 3.8) is 0 Å². The van der Waals surface area contributed by atoms with E-state index in [0.717, 1.165) is 6.42 Å². The summed E-state index contributed by atoms with van der Waals surface area (Å²) >= 11 is 0. The first-order valence-electron chi connectivity index (χ1n) is 8.40. The predicted molar refractivity (Wildman–Crippen MR) is 104 cm³/mol. The van der Waals surface area contributed by atoms with Crippen LogP contribution in [-0.4, -0.2) is 29.1 Å². The molecule has 1 heterocycles. The highest BCUT2D eigenvalue weighted by Crippen LogP contribution is 2.31. The number of hydrogen-bond donors (Lipinski definition) is 1. The first kappa shape index (κ1) is 18.7. The molecule has 2 aromatic rings. The fourth-order valence-electron chi connectivity index (χ4n) is 3.11. The Hall–Kier alpha value is -2.06. The van der Waals surface area contributed by atoms with Gasteiger partial charge in [0.05, 0.1) is 16.3 Å². The standard InChI is InChI=1S/C18H22N2O4S2/c1-14-13-18(26(23,24)19-16-8-4-3-5-9-16)15(2)12-17(14)20-10-6-7-11-25(20,21)22/h3-5,8-9,12-13,19H,6-7,10-11H2,1-2H3. The van der Waals surface area contributed by atoms with E-state index in [-0.39, 0.29) is 10.6 Å². The van der Waals surface area contributed by atoms with Gasteiger partial charge in [-0.3, -0.25) is 9.03 Å². The van der Waals surface area contributed by atoms with Crippen LogP contribution in [-0.2, 0) is 20.0 Å². The van der Waals surface area contributed by atoms with Crippen molar-refractivity contribution < 1.29 is 16.8 Å². The van der Waals surface area contributed by atoms with Crippen molar-refractivity contribution in [2.45, 2.75) is 31.6 Å². The van der Waals surface area contributed by atoms with Gasteiger partial charge in [0.1, 0.15) is 0 Å². The van der Waals surface area contributed by atoms with Crippen LogP contribution in [0.5, 0.6) is 0 Å². The number of aryl methyl sites for hydroxylation is 2. The van der Waals surface area contributed by atoms with Crippen molar-refractivity contribution in [1.29, 1.82) is 0 Å². The molecule has 1 fully saturated rings. The second kappa shape index (κ2) is 6.92. The van der Waals surface area contributed by atoms with Gasteiger partial charge in [0.15, 0.2) is 0 Å². The van der Waals surface area contributed by atoms with Crippen molar-refractivity contribution in [2.75, 3.05) is 21.3 Å². The van der Waals surface area contributed by atoms with Gasteiger partial charge in [-0.15, -0.1) is 0 Å². The summed E-state index contributed by atoms with van der Waals surface area (Å²) in [5.74, 6) is 0.126. The number of nitrogens with zero attached hydrogens (tertiary/aromatic N) is 1. The second-order valence-corrected chi connectivity index (χ2v) is 10.1. The summed E-state index contributed by atoms with van der Waals surface area (Å²) in [5.41, 5.74) is 2.16. The molecule has 2 aromatic carbocycles. The van der Waals surface area contributed by atoms with Gasteiger partial charge >= 0.3 is 0 Å². The Morgan fingerprint density at radius 3 is 2.35 bits per heavy atom. The minimum atomic E-state index is -3.76. The van der Waals surface area contributed by atoms with Crippen LogP contribution in [0.3, 0.4) is 0 Å². The molecule has 0 atom stereocenters. The van der Waals surface area contributed by atoms with Gasteiger partial charge in [0, 0.05) is 12.2 Å². The van der Waals surface area contributed by atoms with Crippen LogP contribution >= 0.6 is 0 Å². The molecular formula is C18H22N2O4S2. The van der Waals surface area contributed by atoms with Crippen molar-refractivity contribution in [2.24, 2.45) is 0 Å². The van der Waals surface area contributed by atoms with Crippen molar-refractivity contribution in [3.05, 3.63) is 53.6 Å². The Kier molecular flexibility index (Phi) is 4.98. The minimum absolute atomic E-state index is 0.126. The van der Waals surface area contributed by atoms with E-state index in [9.17, 15) is 16.8 Å². The molecule has 0 bridgehead atoms. The SMILES string of the molecule is Cc1cc(S(=O)(=O)Nc2ccccc2)c(C)cc1N1CCCCS1(=O)=O. The first-order chi connectivity index (χ1) is 12.2. The lowest BCUT2D eigenvalue weighted by Crippen LogP contribution is -2.38. The average Bonchev–Trinajstić information content (AvgIpc) is 2.57. The lowest BCUT2D eigenvalue weighted by atomic mass is 10.1. The summed E-state index contributed by atoms with van der Waals surface area (Å²) in [5, 5.41) is 0. The van der Waals surface area contributed by atoms with Crippen molar-refractivity contribution in [1.82, 2.24) is 0 Å². The molecule has 1 N–H and O–H groups in total. The quantitative estimate of drug-likeness (QED) is 0.864. The molecule has 1 saturated heterocycles. The van der Waals surface area contributed by atoms with Crippen LogP contribution in [0.25, 0.3) is 0 Å². The zero-order chi connectivity index (χ0) is 18.9. The van der Waals surface area contributed by atoms with Crippen molar-refractivity contribution in [3.8, 4) is 0 Å². The third kappa shape index (κ3) is 3.71. The summed E-state index contributed by atoms with van der Waals surface area (Å²) < 4.78 is 54.2. The average molecular weight is 395 g/mol. The zero-order valence-corrected chi connectivity index (χ0v) is 16.4. The largest absolute Gasteiger partial charge is 0.280 e. The van der Waals surface area contributed by atoms with Gasteiger partial charge in [-0.2, -0.15) is 0 Å². The molecule has 0 aromatic heterocycles. The number of hydrogen-bond acceptors (Lipinski definition) is 4. The number of nitrogens with one attached hydrogen (secondary N) is 1. The second-order valence-electron chi connectivity index (χ2n) is 6.47. The van der Waals surface area contributed by atoms with E-state index in [2.05, 4.69) is 4.72 Å². The highest BCUT2D eigenvalue weighted by molar-refractivity contribution is 7.93. The summed E-state index contributed by atoms with van der Waals surface area (Å²) in [6.07, 6.45) is 1.46. The van der Waals surface area contributed by atoms with Crippen LogP contribution < -0.4 is 9.03 Å². The fourth-order valence-corrected chi connectivity index (χ4v) is 6.17. The topological polar surface area (TPSA) is 83.6 Å². The molecule has 140 valence electrons.